The van der Waals surface area contributed by atoms with Gasteiger partial charge in [0.05, 0.1) is 0 Å². The number of ether oxygens (including phenoxy) is 3. The standard InChI is InChI=1S/C49H94O6/c1-5-7-9-11-13-15-17-18-19-20-22-24-29-33-37-41-48(51)54-44-46(55-49(52)42-38-34-30-26-25-27-31-35-39-45(3)4)43-53-47(50)40-36-32-28-23-21-16-14-12-10-8-6-2/h45-46H,5-44H2,1-4H3/t46-/m1/s1. The molecule has 0 bridgehead atoms. The summed E-state index contributed by atoms with van der Waals surface area (Å²) in [5, 5.41) is 0. The molecular formula is C49H94O6. The maximum absolute atomic E-state index is 12.7. The lowest BCUT2D eigenvalue weighted by Gasteiger charge is -2.18. The third-order valence-corrected chi connectivity index (χ3v) is 11.0. The molecule has 0 radical (unpaired) electrons. The molecule has 0 saturated heterocycles. The monoisotopic (exact) mass is 779 g/mol. The van der Waals surface area contributed by atoms with Crippen LogP contribution in [-0.2, 0) is 28.6 Å². The van der Waals surface area contributed by atoms with Crippen LogP contribution in [0.25, 0.3) is 0 Å². The van der Waals surface area contributed by atoms with Gasteiger partial charge in [0.2, 0.25) is 0 Å². The molecule has 0 aromatic rings. The fraction of sp³-hybridized carbons (Fsp3) is 0.939. The first-order valence-electron chi connectivity index (χ1n) is 24.4. The van der Waals surface area contributed by atoms with Crippen molar-refractivity contribution in [1.29, 1.82) is 0 Å². The Morgan fingerprint density at radius 2 is 0.600 bits per heavy atom. The molecule has 0 aliphatic carbocycles. The normalized spacial score (nSPS) is 11.9. The number of hydrogen-bond donors (Lipinski definition) is 0. The molecule has 0 aliphatic rings. The smallest absolute Gasteiger partial charge is 0.306 e. The van der Waals surface area contributed by atoms with E-state index >= 15 is 0 Å². The van der Waals surface area contributed by atoms with Gasteiger partial charge in [0.15, 0.2) is 6.10 Å². The molecule has 6 nitrogen and oxygen atoms in total. The Kier molecular flexibility index (Phi) is 42.3. The molecule has 0 spiro atoms. The maximum atomic E-state index is 12.7. The van der Waals surface area contributed by atoms with Crippen molar-refractivity contribution in [3.63, 3.8) is 0 Å². The van der Waals surface area contributed by atoms with E-state index in [4.69, 9.17) is 14.2 Å². The van der Waals surface area contributed by atoms with E-state index in [0.717, 1.165) is 63.7 Å². The predicted molar refractivity (Wildman–Crippen MR) is 233 cm³/mol. The first-order valence-corrected chi connectivity index (χ1v) is 24.4. The summed E-state index contributed by atoms with van der Waals surface area (Å²) < 4.78 is 16.7. The van der Waals surface area contributed by atoms with Gasteiger partial charge < -0.3 is 14.2 Å². The lowest BCUT2D eigenvalue weighted by Crippen LogP contribution is -2.30. The molecule has 0 saturated carbocycles. The van der Waals surface area contributed by atoms with Crippen molar-refractivity contribution in [3.05, 3.63) is 0 Å². The minimum atomic E-state index is -0.760. The largest absolute Gasteiger partial charge is 0.462 e. The van der Waals surface area contributed by atoms with Gasteiger partial charge in [0, 0.05) is 19.3 Å². The first kappa shape index (κ1) is 53.4. The van der Waals surface area contributed by atoms with E-state index in [0.29, 0.717) is 19.3 Å². The summed E-state index contributed by atoms with van der Waals surface area (Å²) in [6.07, 6.45) is 43.7. The second-order valence-electron chi connectivity index (χ2n) is 17.2. The Bertz CT molecular complexity index is 826. The molecular weight excluding hydrogens is 685 g/mol. The lowest BCUT2D eigenvalue weighted by molar-refractivity contribution is -0.167. The van der Waals surface area contributed by atoms with Gasteiger partial charge in [0.25, 0.3) is 0 Å². The summed E-state index contributed by atoms with van der Waals surface area (Å²) in [4.78, 5) is 37.8. The molecule has 6 heteroatoms. The SMILES string of the molecule is CCCCCCCCCCCCCCCCCC(=O)OC[C@@H](COC(=O)CCCCCCCCCCCCC)OC(=O)CCCCCCCCCCC(C)C. The van der Waals surface area contributed by atoms with Crippen LogP contribution >= 0.6 is 0 Å². The Morgan fingerprint density at radius 3 is 0.891 bits per heavy atom. The van der Waals surface area contributed by atoms with Crippen LogP contribution < -0.4 is 0 Å². The number of carbonyl (C=O) groups excluding carboxylic acids is 3. The Hall–Kier alpha value is -1.59. The van der Waals surface area contributed by atoms with Gasteiger partial charge in [-0.05, 0) is 25.2 Å². The zero-order valence-electron chi connectivity index (χ0n) is 37.4. The first-order chi connectivity index (χ1) is 26.9. The van der Waals surface area contributed by atoms with Crippen molar-refractivity contribution in [3.8, 4) is 0 Å². The number of hydrogen-bond acceptors (Lipinski definition) is 6. The van der Waals surface area contributed by atoms with Crippen molar-refractivity contribution in [1.82, 2.24) is 0 Å². The van der Waals surface area contributed by atoms with E-state index in [9.17, 15) is 14.4 Å². The molecule has 0 fully saturated rings. The van der Waals surface area contributed by atoms with Crippen LogP contribution in [0.4, 0.5) is 0 Å². The minimum Gasteiger partial charge on any atom is -0.462 e. The zero-order valence-corrected chi connectivity index (χ0v) is 37.4. The van der Waals surface area contributed by atoms with Crippen molar-refractivity contribution < 1.29 is 28.6 Å². The van der Waals surface area contributed by atoms with E-state index in [1.165, 1.54) is 167 Å². The topological polar surface area (TPSA) is 78.9 Å². The van der Waals surface area contributed by atoms with E-state index in [1.807, 2.05) is 0 Å². The highest BCUT2D eigenvalue weighted by molar-refractivity contribution is 5.71. The van der Waals surface area contributed by atoms with Gasteiger partial charge >= 0.3 is 17.9 Å². The van der Waals surface area contributed by atoms with Crippen molar-refractivity contribution in [2.75, 3.05) is 13.2 Å². The molecule has 0 heterocycles. The molecule has 0 unspecified atom stereocenters. The Morgan fingerprint density at radius 1 is 0.345 bits per heavy atom. The van der Waals surface area contributed by atoms with Crippen LogP contribution in [0.1, 0.15) is 272 Å². The summed E-state index contributed by atoms with van der Waals surface area (Å²) in [6.45, 7) is 8.97. The highest BCUT2D eigenvalue weighted by atomic mass is 16.6. The predicted octanol–water partition coefficient (Wildman–Crippen LogP) is 15.5. The van der Waals surface area contributed by atoms with Crippen LogP contribution in [0.5, 0.6) is 0 Å². The molecule has 0 aliphatic heterocycles. The summed E-state index contributed by atoms with van der Waals surface area (Å²) in [5.41, 5.74) is 0. The average molecular weight is 779 g/mol. The second kappa shape index (κ2) is 43.5. The highest BCUT2D eigenvalue weighted by Gasteiger charge is 2.19. The summed E-state index contributed by atoms with van der Waals surface area (Å²) in [5.74, 6) is -0.0579. The molecule has 0 N–H and O–H groups in total. The molecule has 55 heavy (non-hydrogen) atoms. The molecule has 0 aromatic carbocycles. The Balaban J connectivity index is 4.29. The minimum absolute atomic E-state index is 0.0636. The van der Waals surface area contributed by atoms with Gasteiger partial charge in [-0.3, -0.25) is 14.4 Å². The molecule has 0 aromatic heterocycles. The third kappa shape index (κ3) is 43.4. The van der Waals surface area contributed by atoms with E-state index in [-0.39, 0.29) is 31.1 Å². The van der Waals surface area contributed by atoms with Gasteiger partial charge in [-0.15, -0.1) is 0 Å². The number of carbonyl (C=O) groups is 3. The zero-order chi connectivity index (χ0) is 40.3. The van der Waals surface area contributed by atoms with Crippen LogP contribution in [0.15, 0.2) is 0 Å². The van der Waals surface area contributed by atoms with Crippen molar-refractivity contribution >= 4 is 17.9 Å². The van der Waals surface area contributed by atoms with Crippen molar-refractivity contribution in [2.24, 2.45) is 5.92 Å². The summed E-state index contributed by atoms with van der Waals surface area (Å²) in [6, 6.07) is 0. The van der Waals surface area contributed by atoms with E-state index < -0.39 is 6.10 Å². The van der Waals surface area contributed by atoms with Crippen LogP contribution in [-0.4, -0.2) is 37.2 Å². The lowest BCUT2D eigenvalue weighted by atomic mass is 10.0. The maximum Gasteiger partial charge on any atom is 0.306 e. The fourth-order valence-electron chi connectivity index (χ4n) is 7.33. The quantitative estimate of drug-likeness (QED) is 0.0348. The summed E-state index contributed by atoms with van der Waals surface area (Å²) in [7, 11) is 0. The molecule has 1 atom stereocenters. The number of rotatable bonds is 44. The van der Waals surface area contributed by atoms with Crippen LogP contribution in [0.2, 0.25) is 0 Å². The van der Waals surface area contributed by atoms with Gasteiger partial charge in [0.1, 0.15) is 13.2 Å². The summed E-state index contributed by atoms with van der Waals surface area (Å²) >= 11 is 0. The number of esters is 3. The highest BCUT2D eigenvalue weighted by Crippen LogP contribution is 2.16. The van der Waals surface area contributed by atoms with E-state index in [1.54, 1.807) is 0 Å². The van der Waals surface area contributed by atoms with Crippen LogP contribution in [0.3, 0.4) is 0 Å². The van der Waals surface area contributed by atoms with Crippen molar-refractivity contribution in [2.45, 2.75) is 278 Å². The Labute approximate surface area is 342 Å². The van der Waals surface area contributed by atoms with E-state index in [2.05, 4.69) is 27.7 Å². The van der Waals surface area contributed by atoms with Gasteiger partial charge in [-0.1, -0.05) is 233 Å². The van der Waals surface area contributed by atoms with Crippen LogP contribution in [0, 0.1) is 5.92 Å². The van der Waals surface area contributed by atoms with Gasteiger partial charge in [-0.25, -0.2) is 0 Å². The fourth-order valence-corrected chi connectivity index (χ4v) is 7.33. The van der Waals surface area contributed by atoms with Gasteiger partial charge in [-0.2, -0.15) is 0 Å². The second-order valence-corrected chi connectivity index (χ2v) is 17.2. The molecule has 0 amide bonds. The molecule has 326 valence electrons. The molecule has 0 rings (SSSR count). The number of unbranched alkanes of at least 4 members (excludes halogenated alkanes) is 31. The average Bonchev–Trinajstić information content (AvgIpc) is 3.17. The third-order valence-electron chi connectivity index (χ3n) is 11.0.